The van der Waals surface area contributed by atoms with Crippen molar-refractivity contribution in [3.63, 3.8) is 0 Å². The van der Waals surface area contributed by atoms with Gasteiger partial charge in [-0.05, 0) is 18.4 Å². The monoisotopic (exact) mass is 415 g/mol. The lowest BCUT2D eigenvalue weighted by atomic mass is 9.72. The van der Waals surface area contributed by atoms with Crippen LogP contribution in [0.15, 0.2) is 35.3 Å². The Morgan fingerprint density at radius 1 is 1.23 bits per heavy atom. The molecule has 0 saturated carbocycles. The third kappa shape index (κ3) is 3.25. The number of guanidine groups is 1. The molecule has 0 radical (unpaired) electrons. The van der Waals surface area contributed by atoms with E-state index in [1.54, 1.807) is 0 Å². The lowest BCUT2D eigenvalue weighted by Gasteiger charge is -2.53. The number of hydrogen-bond donors (Lipinski definition) is 1. The van der Waals surface area contributed by atoms with Gasteiger partial charge in [-0.1, -0.05) is 37.3 Å². The van der Waals surface area contributed by atoms with E-state index in [-0.39, 0.29) is 36.0 Å². The van der Waals surface area contributed by atoms with Crippen LogP contribution in [-0.4, -0.2) is 60.2 Å². The fourth-order valence-electron chi connectivity index (χ4n) is 3.50. The van der Waals surface area contributed by atoms with Crippen molar-refractivity contribution in [3.8, 4) is 0 Å². The molecule has 22 heavy (non-hydrogen) atoms. The first kappa shape index (κ1) is 17.5. The number of likely N-dealkylation sites (tertiary alicyclic amines) is 1. The predicted octanol–water partition coefficient (Wildman–Crippen LogP) is 2.32. The first-order valence-corrected chi connectivity index (χ1v) is 8.00. The van der Waals surface area contributed by atoms with Gasteiger partial charge in [-0.15, -0.1) is 24.0 Å². The van der Waals surface area contributed by atoms with Crippen LogP contribution in [0.2, 0.25) is 0 Å². The Labute approximate surface area is 150 Å². The Balaban J connectivity index is 0.00000176. The Morgan fingerprint density at radius 3 is 2.59 bits per heavy atom. The van der Waals surface area contributed by atoms with Gasteiger partial charge in [0.2, 0.25) is 0 Å². The highest BCUT2D eigenvalue weighted by Crippen LogP contribution is 2.38. The minimum atomic E-state index is 0. The molecular formula is C17H26IN3O. The topological polar surface area (TPSA) is 39.1 Å². The number of aliphatic imine (C=N–C) groups is 1. The lowest BCUT2D eigenvalue weighted by Crippen LogP contribution is -2.64. The standard InChI is InChI=1S/C17H25N3O.HI/c1-2-17(15-7-4-3-5-8-15)13-20(14-17)16-18-9-6-10-19(16)11-12-21;/h3-5,7-8,21H,2,6,9-14H2,1H3;1H. The number of rotatable bonds is 4. The molecule has 4 nitrogen and oxygen atoms in total. The molecule has 0 aliphatic carbocycles. The molecule has 1 saturated heterocycles. The molecule has 1 aromatic carbocycles. The summed E-state index contributed by atoms with van der Waals surface area (Å²) in [5, 5.41) is 9.22. The van der Waals surface area contributed by atoms with Crippen LogP contribution < -0.4 is 0 Å². The van der Waals surface area contributed by atoms with Crippen molar-refractivity contribution in [1.29, 1.82) is 0 Å². The van der Waals surface area contributed by atoms with Crippen LogP contribution in [0, 0.1) is 0 Å². The van der Waals surface area contributed by atoms with Crippen molar-refractivity contribution >= 4 is 29.9 Å². The van der Waals surface area contributed by atoms with Gasteiger partial charge >= 0.3 is 0 Å². The zero-order valence-electron chi connectivity index (χ0n) is 13.2. The minimum absolute atomic E-state index is 0. The molecule has 0 aromatic heterocycles. The van der Waals surface area contributed by atoms with Crippen molar-refractivity contribution in [2.75, 3.05) is 39.3 Å². The smallest absolute Gasteiger partial charge is 0.196 e. The SMILES string of the molecule is CCC1(c2ccccc2)CN(C2=NCCCN2CCO)C1.I. The number of hydrogen-bond acceptors (Lipinski definition) is 4. The summed E-state index contributed by atoms with van der Waals surface area (Å²) in [6, 6.07) is 10.8. The van der Waals surface area contributed by atoms with E-state index in [9.17, 15) is 5.11 Å². The van der Waals surface area contributed by atoms with E-state index in [1.807, 2.05) is 0 Å². The second-order valence-electron chi connectivity index (χ2n) is 6.10. The van der Waals surface area contributed by atoms with E-state index in [2.05, 4.69) is 47.1 Å². The summed E-state index contributed by atoms with van der Waals surface area (Å²) in [5.74, 6) is 1.09. The molecule has 122 valence electrons. The normalized spacial score (nSPS) is 20.0. The highest BCUT2D eigenvalue weighted by molar-refractivity contribution is 14.0. The molecule has 0 bridgehead atoms. The van der Waals surface area contributed by atoms with Crippen LogP contribution in [0.5, 0.6) is 0 Å². The van der Waals surface area contributed by atoms with E-state index >= 15 is 0 Å². The van der Waals surface area contributed by atoms with Gasteiger partial charge in [0, 0.05) is 38.1 Å². The summed E-state index contributed by atoms with van der Waals surface area (Å²) in [5.41, 5.74) is 1.71. The number of nitrogens with zero attached hydrogens (tertiary/aromatic N) is 3. The molecule has 1 fully saturated rings. The molecule has 0 atom stereocenters. The number of halogens is 1. The van der Waals surface area contributed by atoms with Crippen LogP contribution in [0.3, 0.4) is 0 Å². The van der Waals surface area contributed by atoms with Gasteiger partial charge < -0.3 is 14.9 Å². The Kier molecular flexibility index (Phi) is 6.09. The number of aliphatic hydroxyl groups is 1. The summed E-state index contributed by atoms with van der Waals surface area (Å²) in [4.78, 5) is 9.31. The molecule has 1 aromatic rings. The van der Waals surface area contributed by atoms with Gasteiger partial charge in [-0.25, -0.2) is 0 Å². The van der Waals surface area contributed by atoms with Crippen LogP contribution in [0.1, 0.15) is 25.3 Å². The number of benzene rings is 1. The first-order chi connectivity index (χ1) is 10.3. The van der Waals surface area contributed by atoms with Crippen LogP contribution in [-0.2, 0) is 5.41 Å². The molecular weight excluding hydrogens is 389 g/mol. The Morgan fingerprint density at radius 2 is 1.95 bits per heavy atom. The van der Waals surface area contributed by atoms with Crippen LogP contribution >= 0.6 is 24.0 Å². The fourth-order valence-corrected chi connectivity index (χ4v) is 3.50. The van der Waals surface area contributed by atoms with Crippen molar-refractivity contribution < 1.29 is 5.11 Å². The van der Waals surface area contributed by atoms with E-state index < -0.39 is 0 Å². The highest BCUT2D eigenvalue weighted by Gasteiger charge is 2.45. The summed E-state index contributed by atoms with van der Waals surface area (Å²) < 4.78 is 0. The maximum Gasteiger partial charge on any atom is 0.196 e. The highest BCUT2D eigenvalue weighted by atomic mass is 127. The summed E-state index contributed by atoms with van der Waals surface area (Å²) in [7, 11) is 0. The molecule has 1 N–H and O–H groups in total. The molecule has 5 heteroatoms. The van der Waals surface area contributed by atoms with Gasteiger partial charge in [-0.3, -0.25) is 4.99 Å². The quantitative estimate of drug-likeness (QED) is 0.768. The third-order valence-electron chi connectivity index (χ3n) is 4.82. The predicted molar refractivity (Wildman–Crippen MR) is 101 cm³/mol. The second-order valence-corrected chi connectivity index (χ2v) is 6.10. The van der Waals surface area contributed by atoms with Crippen LogP contribution in [0.4, 0.5) is 0 Å². The largest absolute Gasteiger partial charge is 0.395 e. The fraction of sp³-hybridized carbons (Fsp3) is 0.588. The lowest BCUT2D eigenvalue weighted by molar-refractivity contribution is 0.109. The molecule has 0 amide bonds. The number of aliphatic hydroxyl groups excluding tert-OH is 1. The van der Waals surface area contributed by atoms with Crippen LogP contribution in [0.25, 0.3) is 0 Å². The average Bonchev–Trinajstić information content (AvgIpc) is 2.50. The van der Waals surface area contributed by atoms with Gasteiger partial charge in [-0.2, -0.15) is 0 Å². The molecule has 2 aliphatic rings. The zero-order valence-corrected chi connectivity index (χ0v) is 15.6. The van der Waals surface area contributed by atoms with Crippen molar-refractivity contribution in [2.45, 2.75) is 25.2 Å². The zero-order chi connectivity index (χ0) is 14.7. The van der Waals surface area contributed by atoms with E-state index in [0.29, 0.717) is 6.54 Å². The van der Waals surface area contributed by atoms with E-state index in [1.165, 1.54) is 5.56 Å². The Bertz CT molecular complexity index is 500. The molecule has 2 aliphatic heterocycles. The maximum atomic E-state index is 9.22. The van der Waals surface area contributed by atoms with Gasteiger partial charge in [0.1, 0.15) is 0 Å². The van der Waals surface area contributed by atoms with E-state index in [4.69, 9.17) is 4.99 Å². The van der Waals surface area contributed by atoms with Gasteiger partial charge in [0.25, 0.3) is 0 Å². The van der Waals surface area contributed by atoms with Gasteiger partial charge in [0.15, 0.2) is 5.96 Å². The Hall–Kier alpha value is -0.820. The summed E-state index contributed by atoms with van der Waals surface area (Å²) >= 11 is 0. The minimum Gasteiger partial charge on any atom is -0.395 e. The number of β-amino-alcohol motifs (C(OH)–C–C–N with tert-alkyl or cyclic N) is 1. The van der Waals surface area contributed by atoms with Crippen molar-refractivity contribution in [3.05, 3.63) is 35.9 Å². The average molecular weight is 415 g/mol. The van der Waals surface area contributed by atoms with Gasteiger partial charge in [0.05, 0.1) is 6.61 Å². The molecule has 3 rings (SSSR count). The third-order valence-corrected chi connectivity index (χ3v) is 4.82. The first-order valence-electron chi connectivity index (χ1n) is 8.00. The molecule has 0 spiro atoms. The second kappa shape index (κ2) is 7.64. The van der Waals surface area contributed by atoms with Crippen molar-refractivity contribution in [1.82, 2.24) is 9.80 Å². The molecule has 0 unspecified atom stereocenters. The van der Waals surface area contributed by atoms with E-state index in [0.717, 1.165) is 45.0 Å². The van der Waals surface area contributed by atoms with Crippen molar-refractivity contribution in [2.24, 2.45) is 4.99 Å². The molecule has 2 heterocycles. The summed E-state index contributed by atoms with van der Waals surface area (Å²) in [6.45, 7) is 7.17. The summed E-state index contributed by atoms with van der Waals surface area (Å²) in [6.07, 6.45) is 2.25. The maximum absolute atomic E-state index is 9.22.